The number of aliphatic hydroxyl groups is 1. The molecule has 4 heteroatoms. The van der Waals surface area contributed by atoms with E-state index >= 15 is 0 Å². The number of para-hydroxylation sites is 1. The maximum atomic E-state index is 10.2. The molecule has 0 amide bonds. The molecule has 20 heavy (non-hydrogen) atoms. The summed E-state index contributed by atoms with van der Waals surface area (Å²) < 4.78 is 5.60. The fourth-order valence-electron chi connectivity index (χ4n) is 2.88. The van der Waals surface area contributed by atoms with Gasteiger partial charge in [0.1, 0.15) is 18.5 Å². The summed E-state index contributed by atoms with van der Waals surface area (Å²) in [5, 5.41) is 10.8. The van der Waals surface area contributed by atoms with Gasteiger partial charge in [-0.2, -0.15) is 0 Å². The second kappa shape index (κ2) is 7.30. The number of likely N-dealkylation sites (tertiary alicyclic amines) is 1. The molecule has 0 aliphatic carbocycles. The van der Waals surface area contributed by atoms with Crippen molar-refractivity contribution in [3.8, 4) is 5.75 Å². The molecule has 1 aliphatic heterocycles. The molecule has 112 valence electrons. The Morgan fingerprint density at radius 3 is 2.60 bits per heavy atom. The maximum absolute atomic E-state index is 10.2. The lowest BCUT2D eigenvalue weighted by Gasteiger charge is -2.40. The number of ether oxygens (including phenoxy) is 1. The van der Waals surface area contributed by atoms with Crippen molar-refractivity contribution in [3.63, 3.8) is 0 Å². The monoisotopic (exact) mass is 297 g/mol. The number of piperidine rings is 1. The molecule has 0 bridgehead atoms. The molecule has 3 atom stereocenters. The molecular formula is C16H24ClNO2. The Kier molecular flexibility index (Phi) is 5.70. The van der Waals surface area contributed by atoms with Gasteiger partial charge in [0, 0.05) is 18.6 Å². The number of aliphatic hydroxyl groups excluding tert-OH is 1. The van der Waals surface area contributed by atoms with Gasteiger partial charge in [-0.1, -0.05) is 30.2 Å². The topological polar surface area (TPSA) is 32.7 Å². The molecule has 0 radical (unpaired) electrons. The van der Waals surface area contributed by atoms with Gasteiger partial charge in [0.05, 0.1) is 5.02 Å². The van der Waals surface area contributed by atoms with Gasteiger partial charge in [-0.05, 0) is 38.8 Å². The van der Waals surface area contributed by atoms with E-state index < -0.39 is 6.10 Å². The highest BCUT2D eigenvalue weighted by atomic mass is 35.5. The molecular weight excluding hydrogens is 274 g/mol. The molecule has 0 aromatic heterocycles. The van der Waals surface area contributed by atoms with Crippen LogP contribution in [0.1, 0.15) is 33.1 Å². The van der Waals surface area contributed by atoms with E-state index in [9.17, 15) is 5.11 Å². The Bertz CT molecular complexity index is 417. The lowest BCUT2D eigenvalue weighted by Crippen LogP contribution is -2.48. The van der Waals surface area contributed by atoms with E-state index in [1.54, 1.807) is 6.07 Å². The molecule has 0 saturated carbocycles. The first-order valence-electron chi connectivity index (χ1n) is 7.39. The highest BCUT2D eigenvalue weighted by Gasteiger charge is 2.26. The molecule has 0 spiro atoms. The van der Waals surface area contributed by atoms with Crippen molar-refractivity contribution in [3.05, 3.63) is 29.3 Å². The number of rotatable bonds is 5. The van der Waals surface area contributed by atoms with Gasteiger partial charge in [-0.3, -0.25) is 4.90 Å². The second-order valence-electron chi connectivity index (χ2n) is 5.72. The fraction of sp³-hybridized carbons (Fsp3) is 0.625. The van der Waals surface area contributed by atoms with Crippen LogP contribution in [0, 0.1) is 0 Å². The normalized spacial score (nSPS) is 25.4. The first kappa shape index (κ1) is 15.6. The summed E-state index contributed by atoms with van der Waals surface area (Å²) in [5.41, 5.74) is 0. The fourth-order valence-corrected chi connectivity index (χ4v) is 3.07. The van der Waals surface area contributed by atoms with Crippen LogP contribution >= 0.6 is 11.6 Å². The van der Waals surface area contributed by atoms with Gasteiger partial charge in [-0.25, -0.2) is 0 Å². The number of β-amino-alcohol motifs (C(OH)–C–C–N with tert-alkyl or cyclic N) is 1. The highest BCUT2D eigenvalue weighted by Crippen LogP contribution is 2.24. The summed E-state index contributed by atoms with van der Waals surface area (Å²) >= 11 is 6.03. The molecule has 1 aromatic rings. The zero-order valence-electron chi connectivity index (χ0n) is 12.3. The third-order valence-corrected chi connectivity index (χ3v) is 4.38. The summed E-state index contributed by atoms with van der Waals surface area (Å²) in [6.07, 6.45) is 3.21. The minimum Gasteiger partial charge on any atom is -0.489 e. The van der Waals surface area contributed by atoms with Crippen LogP contribution in [0.2, 0.25) is 5.02 Å². The van der Waals surface area contributed by atoms with Crippen molar-refractivity contribution in [2.75, 3.05) is 13.2 Å². The van der Waals surface area contributed by atoms with Crippen molar-refractivity contribution in [1.29, 1.82) is 0 Å². The van der Waals surface area contributed by atoms with Crippen LogP contribution in [0.5, 0.6) is 5.75 Å². The zero-order chi connectivity index (χ0) is 14.5. The number of hydrogen-bond acceptors (Lipinski definition) is 3. The number of hydrogen-bond donors (Lipinski definition) is 1. The standard InChI is InChI=1S/C16H24ClNO2/c1-12-6-5-7-13(2)18(12)10-14(19)11-20-16-9-4-3-8-15(16)17/h3-4,8-9,12-14,19H,5-7,10-11H2,1-2H3/t12-,13+,14-/m0/s1. The molecule has 0 unspecified atom stereocenters. The van der Waals surface area contributed by atoms with Crippen LogP contribution in [0.25, 0.3) is 0 Å². The van der Waals surface area contributed by atoms with Crippen LogP contribution in [0.3, 0.4) is 0 Å². The molecule has 2 rings (SSSR count). The van der Waals surface area contributed by atoms with Gasteiger partial charge in [0.2, 0.25) is 0 Å². The molecule has 1 N–H and O–H groups in total. The van der Waals surface area contributed by atoms with Crippen molar-refractivity contribution < 1.29 is 9.84 Å². The third-order valence-electron chi connectivity index (χ3n) is 4.07. The Labute approximate surface area is 126 Å². The zero-order valence-corrected chi connectivity index (χ0v) is 13.0. The van der Waals surface area contributed by atoms with E-state index in [0.717, 1.165) is 0 Å². The van der Waals surface area contributed by atoms with Crippen molar-refractivity contribution in [2.45, 2.75) is 51.3 Å². The van der Waals surface area contributed by atoms with Crippen LogP contribution < -0.4 is 4.74 Å². The van der Waals surface area contributed by atoms with Gasteiger partial charge in [0.25, 0.3) is 0 Å². The predicted octanol–water partition coefficient (Wildman–Crippen LogP) is 3.34. The van der Waals surface area contributed by atoms with E-state index in [1.165, 1.54) is 19.3 Å². The van der Waals surface area contributed by atoms with Crippen LogP contribution in [0.15, 0.2) is 24.3 Å². The smallest absolute Gasteiger partial charge is 0.138 e. The minimum atomic E-state index is -0.491. The van der Waals surface area contributed by atoms with Crippen LogP contribution in [0.4, 0.5) is 0 Å². The largest absolute Gasteiger partial charge is 0.489 e. The van der Waals surface area contributed by atoms with Gasteiger partial charge >= 0.3 is 0 Å². The molecule has 1 aromatic carbocycles. The van der Waals surface area contributed by atoms with E-state index in [0.29, 0.717) is 29.4 Å². The number of halogens is 1. The van der Waals surface area contributed by atoms with Crippen molar-refractivity contribution in [1.82, 2.24) is 4.90 Å². The quantitative estimate of drug-likeness (QED) is 0.905. The summed E-state index contributed by atoms with van der Waals surface area (Å²) in [4.78, 5) is 2.38. The molecule has 3 nitrogen and oxygen atoms in total. The summed E-state index contributed by atoms with van der Waals surface area (Å²) in [6, 6.07) is 8.42. The molecule has 1 aliphatic rings. The van der Waals surface area contributed by atoms with Crippen LogP contribution in [-0.4, -0.2) is 41.3 Å². The lowest BCUT2D eigenvalue weighted by molar-refractivity contribution is 0.0209. The average Bonchev–Trinajstić information content (AvgIpc) is 2.42. The Balaban J connectivity index is 1.83. The first-order valence-corrected chi connectivity index (χ1v) is 7.77. The average molecular weight is 298 g/mol. The third kappa shape index (κ3) is 4.11. The van der Waals surface area contributed by atoms with Gasteiger partial charge < -0.3 is 9.84 Å². The van der Waals surface area contributed by atoms with Crippen molar-refractivity contribution >= 4 is 11.6 Å². The van der Waals surface area contributed by atoms with E-state index in [1.807, 2.05) is 18.2 Å². The summed E-state index contributed by atoms with van der Waals surface area (Å²) in [6.45, 7) is 5.40. The minimum absolute atomic E-state index is 0.277. The number of nitrogens with zero attached hydrogens (tertiary/aromatic N) is 1. The number of benzene rings is 1. The SMILES string of the molecule is C[C@@H]1CCC[C@H](C)N1C[C@H](O)COc1ccccc1Cl. The maximum Gasteiger partial charge on any atom is 0.138 e. The van der Waals surface area contributed by atoms with E-state index in [2.05, 4.69) is 18.7 Å². The summed E-state index contributed by atoms with van der Waals surface area (Å²) in [7, 11) is 0. The van der Waals surface area contributed by atoms with Crippen LogP contribution in [-0.2, 0) is 0 Å². The predicted molar refractivity (Wildman–Crippen MR) is 82.4 cm³/mol. The Morgan fingerprint density at radius 2 is 1.95 bits per heavy atom. The summed E-state index contributed by atoms with van der Waals surface area (Å²) in [5.74, 6) is 0.632. The molecule has 1 heterocycles. The second-order valence-corrected chi connectivity index (χ2v) is 6.13. The molecule has 1 saturated heterocycles. The van der Waals surface area contributed by atoms with E-state index in [4.69, 9.17) is 16.3 Å². The Morgan fingerprint density at radius 1 is 1.30 bits per heavy atom. The molecule has 1 fully saturated rings. The van der Waals surface area contributed by atoms with Gasteiger partial charge in [0.15, 0.2) is 0 Å². The Hall–Kier alpha value is -0.770. The van der Waals surface area contributed by atoms with Gasteiger partial charge in [-0.15, -0.1) is 0 Å². The van der Waals surface area contributed by atoms with E-state index in [-0.39, 0.29) is 6.61 Å². The first-order chi connectivity index (χ1) is 9.58. The highest BCUT2D eigenvalue weighted by molar-refractivity contribution is 6.32. The lowest BCUT2D eigenvalue weighted by atomic mass is 9.97. The van der Waals surface area contributed by atoms with Crippen molar-refractivity contribution in [2.24, 2.45) is 0 Å².